The topological polar surface area (TPSA) is 80.5 Å². The van der Waals surface area contributed by atoms with E-state index < -0.39 is 0 Å². The number of nitrogens with zero attached hydrogens (tertiary/aromatic N) is 3. The quantitative estimate of drug-likeness (QED) is 0.709. The second kappa shape index (κ2) is 8.34. The average Bonchev–Trinajstić information content (AvgIpc) is 3.26. The number of ether oxygens (including phenoxy) is 1. The molecule has 1 aliphatic rings. The molecule has 0 unspecified atom stereocenters. The van der Waals surface area contributed by atoms with Crippen LogP contribution in [0, 0.1) is 12.8 Å². The molecule has 0 bridgehead atoms. The fraction of sp³-hybridized carbons (Fsp3) is 0.318. The standard InChI is InChI=1S/C22H24N4O3/c1-15-3-7-18(8-4-15)23-21(27)17-11-13-26(14-12-17)22-24-20(25-29-22)16-5-9-19(28-2)10-6-16/h3-10,17H,11-14H2,1-2H3,(H,23,27). The van der Waals surface area contributed by atoms with Crippen LogP contribution in [0.1, 0.15) is 18.4 Å². The number of amides is 1. The van der Waals surface area contributed by atoms with E-state index in [1.807, 2.05) is 60.4 Å². The predicted molar refractivity (Wildman–Crippen MR) is 111 cm³/mol. The van der Waals surface area contributed by atoms with Crippen molar-refractivity contribution in [2.75, 3.05) is 30.4 Å². The van der Waals surface area contributed by atoms with Crippen molar-refractivity contribution in [2.45, 2.75) is 19.8 Å². The summed E-state index contributed by atoms with van der Waals surface area (Å²) in [5.74, 6) is 1.37. The summed E-state index contributed by atoms with van der Waals surface area (Å²) >= 11 is 0. The molecule has 0 spiro atoms. The Morgan fingerprint density at radius 2 is 1.79 bits per heavy atom. The molecule has 29 heavy (non-hydrogen) atoms. The fourth-order valence-corrected chi connectivity index (χ4v) is 3.42. The van der Waals surface area contributed by atoms with Gasteiger partial charge in [0, 0.05) is 30.3 Å². The van der Waals surface area contributed by atoms with E-state index >= 15 is 0 Å². The zero-order valence-corrected chi connectivity index (χ0v) is 16.6. The molecule has 1 amide bonds. The van der Waals surface area contributed by atoms with Crippen LogP contribution in [0.3, 0.4) is 0 Å². The maximum atomic E-state index is 12.5. The average molecular weight is 392 g/mol. The van der Waals surface area contributed by atoms with Gasteiger partial charge in [0.15, 0.2) is 0 Å². The van der Waals surface area contributed by atoms with Gasteiger partial charge in [-0.25, -0.2) is 0 Å². The second-order valence-electron chi connectivity index (χ2n) is 7.25. The van der Waals surface area contributed by atoms with Crippen molar-refractivity contribution in [3.8, 4) is 17.1 Å². The molecule has 1 N–H and O–H groups in total. The lowest BCUT2D eigenvalue weighted by Crippen LogP contribution is -2.38. The number of aryl methyl sites for hydroxylation is 1. The third-order valence-electron chi connectivity index (χ3n) is 5.22. The Bertz CT molecular complexity index is 958. The molecule has 7 heteroatoms. The molecule has 1 fully saturated rings. The van der Waals surface area contributed by atoms with Gasteiger partial charge in [-0.05, 0) is 56.2 Å². The minimum absolute atomic E-state index is 0.0171. The Morgan fingerprint density at radius 1 is 1.10 bits per heavy atom. The number of hydrogen-bond acceptors (Lipinski definition) is 6. The highest BCUT2D eigenvalue weighted by Crippen LogP contribution is 2.26. The number of nitrogens with one attached hydrogen (secondary N) is 1. The van der Waals surface area contributed by atoms with Gasteiger partial charge in [0.1, 0.15) is 5.75 Å². The van der Waals surface area contributed by atoms with E-state index in [4.69, 9.17) is 9.26 Å². The molecule has 7 nitrogen and oxygen atoms in total. The van der Waals surface area contributed by atoms with Crippen LogP contribution in [0.15, 0.2) is 53.1 Å². The summed E-state index contributed by atoms with van der Waals surface area (Å²) < 4.78 is 10.6. The Balaban J connectivity index is 1.34. The number of carbonyl (C=O) groups is 1. The lowest BCUT2D eigenvalue weighted by atomic mass is 9.96. The number of piperidine rings is 1. The van der Waals surface area contributed by atoms with Gasteiger partial charge < -0.3 is 19.5 Å². The van der Waals surface area contributed by atoms with E-state index in [0.29, 0.717) is 24.9 Å². The molecule has 2 heterocycles. The number of hydrogen-bond donors (Lipinski definition) is 1. The number of aromatic nitrogens is 2. The normalized spacial score (nSPS) is 14.6. The predicted octanol–water partition coefficient (Wildman–Crippen LogP) is 3.91. The molecule has 3 aromatic rings. The molecular formula is C22H24N4O3. The van der Waals surface area contributed by atoms with E-state index in [-0.39, 0.29) is 11.8 Å². The monoisotopic (exact) mass is 392 g/mol. The SMILES string of the molecule is COc1ccc(-c2noc(N3CCC(C(=O)Nc4ccc(C)cc4)CC3)n2)cc1. The van der Waals surface area contributed by atoms with Gasteiger partial charge >= 0.3 is 6.01 Å². The Morgan fingerprint density at radius 3 is 2.45 bits per heavy atom. The van der Waals surface area contributed by atoms with Crippen molar-refractivity contribution in [1.82, 2.24) is 10.1 Å². The fourth-order valence-electron chi connectivity index (χ4n) is 3.42. The highest BCUT2D eigenvalue weighted by molar-refractivity contribution is 5.92. The lowest BCUT2D eigenvalue weighted by molar-refractivity contribution is -0.120. The first-order valence-electron chi connectivity index (χ1n) is 9.73. The highest BCUT2D eigenvalue weighted by Gasteiger charge is 2.27. The lowest BCUT2D eigenvalue weighted by Gasteiger charge is -2.29. The van der Waals surface area contributed by atoms with Crippen molar-refractivity contribution >= 4 is 17.6 Å². The summed E-state index contributed by atoms with van der Waals surface area (Å²) in [4.78, 5) is 19.1. The molecule has 2 aromatic carbocycles. The van der Waals surface area contributed by atoms with Crippen LogP contribution in [0.25, 0.3) is 11.4 Å². The Kier molecular flexibility index (Phi) is 5.46. The summed E-state index contributed by atoms with van der Waals surface area (Å²) in [6.07, 6.45) is 1.50. The zero-order valence-electron chi connectivity index (χ0n) is 16.6. The molecule has 0 aliphatic carbocycles. The molecule has 1 saturated heterocycles. The molecule has 0 atom stereocenters. The van der Waals surface area contributed by atoms with Crippen LogP contribution in [0.5, 0.6) is 5.75 Å². The summed E-state index contributed by atoms with van der Waals surface area (Å²) in [5, 5.41) is 7.10. The number of carbonyl (C=O) groups excluding carboxylic acids is 1. The van der Waals surface area contributed by atoms with E-state index in [2.05, 4.69) is 15.5 Å². The maximum Gasteiger partial charge on any atom is 0.324 e. The number of benzene rings is 2. The second-order valence-corrected chi connectivity index (χ2v) is 7.25. The van der Waals surface area contributed by atoms with Crippen LogP contribution < -0.4 is 15.0 Å². The number of methoxy groups -OCH3 is 1. The van der Waals surface area contributed by atoms with Gasteiger partial charge in [-0.3, -0.25) is 4.79 Å². The summed E-state index contributed by atoms with van der Waals surface area (Å²) in [5.41, 5.74) is 2.88. The molecule has 0 saturated carbocycles. The minimum Gasteiger partial charge on any atom is -0.497 e. The first kappa shape index (κ1) is 19.0. The highest BCUT2D eigenvalue weighted by atomic mass is 16.5. The van der Waals surface area contributed by atoms with Gasteiger partial charge in [-0.15, -0.1) is 0 Å². The van der Waals surface area contributed by atoms with Crippen LogP contribution >= 0.6 is 0 Å². The molecule has 4 rings (SSSR count). The van der Waals surface area contributed by atoms with Crippen molar-refractivity contribution in [3.05, 3.63) is 54.1 Å². The summed E-state index contributed by atoms with van der Waals surface area (Å²) in [6.45, 7) is 3.44. The van der Waals surface area contributed by atoms with Crippen molar-refractivity contribution in [1.29, 1.82) is 0 Å². The number of anilines is 2. The Hall–Kier alpha value is -3.35. The van der Waals surface area contributed by atoms with Gasteiger partial charge in [0.25, 0.3) is 0 Å². The van der Waals surface area contributed by atoms with Crippen LogP contribution in [0.4, 0.5) is 11.7 Å². The van der Waals surface area contributed by atoms with Gasteiger partial charge in [0.05, 0.1) is 7.11 Å². The van der Waals surface area contributed by atoms with Crippen molar-refractivity contribution in [2.24, 2.45) is 5.92 Å². The van der Waals surface area contributed by atoms with Gasteiger partial charge in [0.2, 0.25) is 11.7 Å². The van der Waals surface area contributed by atoms with E-state index in [9.17, 15) is 4.79 Å². The molecule has 1 aliphatic heterocycles. The minimum atomic E-state index is -0.0171. The molecule has 0 radical (unpaired) electrons. The summed E-state index contributed by atoms with van der Waals surface area (Å²) in [6, 6.07) is 15.9. The maximum absolute atomic E-state index is 12.5. The molecule has 1 aromatic heterocycles. The van der Waals surface area contributed by atoms with E-state index in [1.54, 1.807) is 7.11 Å². The third-order valence-corrected chi connectivity index (χ3v) is 5.22. The van der Waals surface area contributed by atoms with Crippen molar-refractivity contribution < 1.29 is 14.1 Å². The van der Waals surface area contributed by atoms with Crippen LogP contribution in [-0.4, -0.2) is 36.2 Å². The zero-order chi connectivity index (χ0) is 20.2. The Labute approximate surface area is 169 Å². The molecular weight excluding hydrogens is 368 g/mol. The number of rotatable bonds is 5. The largest absolute Gasteiger partial charge is 0.497 e. The van der Waals surface area contributed by atoms with Gasteiger partial charge in [-0.2, -0.15) is 4.98 Å². The first-order valence-corrected chi connectivity index (χ1v) is 9.73. The van der Waals surface area contributed by atoms with Crippen LogP contribution in [-0.2, 0) is 4.79 Å². The van der Waals surface area contributed by atoms with Crippen molar-refractivity contribution in [3.63, 3.8) is 0 Å². The van der Waals surface area contributed by atoms with Gasteiger partial charge in [-0.1, -0.05) is 22.9 Å². The van der Waals surface area contributed by atoms with E-state index in [0.717, 1.165) is 29.8 Å². The van der Waals surface area contributed by atoms with Crippen LogP contribution in [0.2, 0.25) is 0 Å². The first-order chi connectivity index (χ1) is 14.1. The summed E-state index contributed by atoms with van der Waals surface area (Å²) in [7, 11) is 1.63. The third kappa shape index (κ3) is 4.39. The van der Waals surface area contributed by atoms with E-state index in [1.165, 1.54) is 5.56 Å². The smallest absolute Gasteiger partial charge is 0.324 e. The molecule has 150 valence electrons.